The van der Waals surface area contributed by atoms with Crippen LogP contribution in [0.5, 0.6) is 0 Å². The first kappa shape index (κ1) is 11.0. The summed E-state index contributed by atoms with van der Waals surface area (Å²) in [6.45, 7) is 5.96. The monoisotopic (exact) mass is 186 g/mol. The molecule has 1 aliphatic heterocycles. The summed E-state index contributed by atoms with van der Waals surface area (Å²) in [7, 11) is 2.12. The van der Waals surface area contributed by atoms with Gasteiger partial charge in [0.15, 0.2) is 0 Å². The van der Waals surface area contributed by atoms with E-state index >= 15 is 0 Å². The molecule has 1 fully saturated rings. The lowest BCUT2D eigenvalue weighted by atomic mass is 9.82. The van der Waals surface area contributed by atoms with Gasteiger partial charge in [0.25, 0.3) is 0 Å². The van der Waals surface area contributed by atoms with E-state index in [4.69, 9.17) is 5.73 Å². The van der Waals surface area contributed by atoms with Crippen LogP contribution in [0.2, 0.25) is 0 Å². The standard InChI is InChI=1S/C10H22N2O/c1-10(2,11)9(13)8-4-6-12(3)7-5-8/h8-9,13H,4-7,11H2,1-3H3. The molecule has 13 heavy (non-hydrogen) atoms. The molecule has 1 heterocycles. The number of rotatable bonds is 2. The molecule has 3 heteroatoms. The Morgan fingerprint density at radius 1 is 1.38 bits per heavy atom. The molecule has 1 aliphatic rings. The van der Waals surface area contributed by atoms with Gasteiger partial charge in [-0.05, 0) is 52.7 Å². The van der Waals surface area contributed by atoms with Crippen molar-refractivity contribution < 1.29 is 5.11 Å². The molecule has 0 saturated carbocycles. The van der Waals surface area contributed by atoms with Gasteiger partial charge in [0.05, 0.1) is 6.10 Å². The summed E-state index contributed by atoms with van der Waals surface area (Å²) in [5.41, 5.74) is 5.42. The molecule has 0 radical (unpaired) electrons. The van der Waals surface area contributed by atoms with Crippen LogP contribution in [0.25, 0.3) is 0 Å². The van der Waals surface area contributed by atoms with Crippen molar-refractivity contribution in [2.45, 2.75) is 38.3 Å². The first-order valence-corrected chi connectivity index (χ1v) is 5.07. The molecule has 1 rings (SSSR count). The maximum atomic E-state index is 9.95. The Bertz CT molecular complexity index is 157. The highest BCUT2D eigenvalue weighted by atomic mass is 16.3. The first-order valence-electron chi connectivity index (χ1n) is 5.07. The zero-order chi connectivity index (χ0) is 10.1. The fourth-order valence-electron chi connectivity index (χ4n) is 1.95. The van der Waals surface area contributed by atoms with E-state index < -0.39 is 5.54 Å². The second kappa shape index (κ2) is 3.95. The van der Waals surface area contributed by atoms with Crippen LogP contribution in [0.3, 0.4) is 0 Å². The highest BCUT2D eigenvalue weighted by Gasteiger charge is 2.32. The van der Waals surface area contributed by atoms with E-state index in [0.29, 0.717) is 5.92 Å². The molecule has 0 amide bonds. The van der Waals surface area contributed by atoms with E-state index in [1.54, 1.807) is 0 Å². The number of piperidine rings is 1. The average Bonchev–Trinajstić information content (AvgIpc) is 2.03. The number of likely N-dealkylation sites (tertiary alicyclic amines) is 1. The summed E-state index contributed by atoms with van der Waals surface area (Å²) in [5, 5.41) is 9.95. The van der Waals surface area contributed by atoms with E-state index in [-0.39, 0.29) is 6.10 Å². The minimum absolute atomic E-state index is 0.360. The van der Waals surface area contributed by atoms with Crippen molar-refractivity contribution in [1.82, 2.24) is 4.90 Å². The van der Waals surface area contributed by atoms with Crippen LogP contribution in [-0.2, 0) is 0 Å². The number of aliphatic hydroxyl groups is 1. The third kappa shape index (κ3) is 2.93. The Morgan fingerprint density at radius 2 is 1.85 bits per heavy atom. The molecule has 3 N–H and O–H groups in total. The largest absolute Gasteiger partial charge is 0.391 e. The van der Waals surface area contributed by atoms with E-state index in [0.717, 1.165) is 25.9 Å². The third-order valence-electron chi connectivity index (χ3n) is 2.97. The first-order chi connectivity index (χ1) is 5.91. The predicted molar refractivity (Wildman–Crippen MR) is 54.5 cm³/mol. The van der Waals surface area contributed by atoms with Gasteiger partial charge in [0.1, 0.15) is 0 Å². The SMILES string of the molecule is CN1CCC(C(O)C(C)(C)N)CC1. The Hall–Kier alpha value is -0.120. The topological polar surface area (TPSA) is 49.5 Å². The predicted octanol–water partition coefficient (Wildman–Crippen LogP) is 0.426. The summed E-state index contributed by atoms with van der Waals surface area (Å²) < 4.78 is 0. The lowest BCUT2D eigenvalue weighted by Crippen LogP contribution is -2.51. The van der Waals surface area contributed by atoms with Crippen molar-refractivity contribution >= 4 is 0 Å². The van der Waals surface area contributed by atoms with Gasteiger partial charge < -0.3 is 15.7 Å². The zero-order valence-corrected chi connectivity index (χ0v) is 8.95. The fraction of sp³-hybridized carbons (Fsp3) is 1.00. The molecular formula is C10H22N2O. The van der Waals surface area contributed by atoms with Crippen LogP contribution in [0, 0.1) is 5.92 Å². The number of aliphatic hydroxyl groups excluding tert-OH is 1. The lowest BCUT2D eigenvalue weighted by molar-refractivity contribution is 0.0195. The minimum Gasteiger partial charge on any atom is -0.391 e. The maximum Gasteiger partial charge on any atom is 0.0743 e. The molecule has 1 saturated heterocycles. The van der Waals surface area contributed by atoms with Crippen molar-refractivity contribution in [3.05, 3.63) is 0 Å². The Morgan fingerprint density at radius 3 is 2.23 bits per heavy atom. The summed E-state index contributed by atoms with van der Waals surface area (Å²) in [5.74, 6) is 0.385. The van der Waals surface area contributed by atoms with Crippen LogP contribution in [0.1, 0.15) is 26.7 Å². The van der Waals surface area contributed by atoms with Gasteiger partial charge in [-0.3, -0.25) is 0 Å². The van der Waals surface area contributed by atoms with Crippen LogP contribution < -0.4 is 5.73 Å². The van der Waals surface area contributed by atoms with Gasteiger partial charge in [0, 0.05) is 5.54 Å². The molecule has 0 aromatic rings. The highest BCUT2D eigenvalue weighted by Crippen LogP contribution is 2.24. The van der Waals surface area contributed by atoms with Crippen molar-refractivity contribution in [2.24, 2.45) is 11.7 Å². The van der Waals surface area contributed by atoms with E-state index in [9.17, 15) is 5.11 Å². The smallest absolute Gasteiger partial charge is 0.0743 e. The van der Waals surface area contributed by atoms with Crippen LogP contribution in [-0.4, -0.2) is 41.8 Å². The van der Waals surface area contributed by atoms with Gasteiger partial charge >= 0.3 is 0 Å². The van der Waals surface area contributed by atoms with Crippen molar-refractivity contribution in [1.29, 1.82) is 0 Å². The van der Waals surface area contributed by atoms with Crippen molar-refractivity contribution in [3.8, 4) is 0 Å². The second-order valence-corrected chi connectivity index (χ2v) is 4.91. The Labute approximate surface area is 80.9 Å². The molecule has 3 nitrogen and oxygen atoms in total. The Balaban J connectivity index is 2.45. The number of nitrogens with two attached hydrogens (primary N) is 1. The normalized spacial score (nSPS) is 24.7. The number of hydrogen-bond donors (Lipinski definition) is 2. The third-order valence-corrected chi connectivity index (χ3v) is 2.97. The Kier molecular flexibility index (Phi) is 3.33. The summed E-state index contributed by atoms with van der Waals surface area (Å²) in [6.07, 6.45) is 1.78. The molecule has 0 aromatic heterocycles. The van der Waals surface area contributed by atoms with Gasteiger partial charge in [-0.1, -0.05) is 0 Å². The summed E-state index contributed by atoms with van der Waals surface area (Å²) >= 11 is 0. The molecule has 0 bridgehead atoms. The van der Waals surface area contributed by atoms with E-state index in [2.05, 4.69) is 11.9 Å². The molecular weight excluding hydrogens is 164 g/mol. The van der Waals surface area contributed by atoms with Crippen molar-refractivity contribution in [3.63, 3.8) is 0 Å². The van der Waals surface area contributed by atoms with E-state index in [1.165, 1.54) is 0 Å². The maximum absolute atomic E-state index is 9.95. The van der Waals surface area contributed by atoms with E-state index in [1.807, 2.05) is 13.8 Å². The van der Waals surface area contributed by atoms with Gasteiger partial charge in [-0.2, -0.15) is 0 Å². The van der Waals surface area contributed by atoms with Gasteiger partial charge in [-0.25, -0.2) is 0 Å². The highest BCUT2D eigenvalue weighted by molar-refractivity contribution is 4.89. The second-order valence-electron chi connectivity index (χ2n) is 4.91. The van der Waals surface area contributed by atoms with Crippen LogP contribution in [0.15, 0.2) is 0 Å². The number of nitrogens with zero attached hydrogens (tertiary/aromatic N) is 1. The fourth-order valence-corrected chi connectivity index (χ4v) is 1.95. The minimum atomic E-state index is -0.458. The van der Waals surface area contributed by atoms with Gasteiger partial charge in [-0.15, -0.1) is 0 Å². The van der Waals surface area contributed by atoms with Crippen molar-refractivity contribution in [2.75, 3.05) is 20.1 Å². The molecule has 1 unspecified atom stereocenters. The number of hydrogen-bond acceptors (Lipinski definition) is 3. The van der Waals surface area contributed by atoms with Crippen LogP contribution >= 0.6 is 0 Å². The molecule has 0 aromatic carbocycles. The quantitative estimate of drug-likeness (QED) is 0.657. The average molecular weight is 186 g/mol. The molecule has 78 valence electrons. The molecule has 0 spiro atoms. The van der Waals surface area contributed by atoms with Gasteiger partial charge in [0.2, 0.25) is 0 Å². The molecule has 1 atom stereocenters. The lowest BCUT2D eigenvalue weighted by Gasteiger charge is -2.37. The van der Waals surface area contributed by atoms with Crippen LogP contribution in [0.4, 0.5) is 0 Å². The zero-order valence-electron chi connectivity index (χ0n) is 8.95. The summed E-state index contributed by atoms with van der Waals surface area (Å²) in [6, 6.07) is 0. The summed E-state index contributed by atoms with van der Waals surface area (Å²) in [4.78, 5) is 2.30. The molecule has 0 aliphatic carbocycles.